The lowest BCUT2D eigenvalue weighted by atomic mass is 10.4. The molecule has 0 unspecified atom stereocenters. The predicted octanol–water partition coefficient (Wildman–Crippen LogP) is 1.63. The fourth-order valence-corrected chi connectivity index (χ4v) is 1.56. The van der Waals surface area contributed by atoms with Crippen molar-refractivity contribution in [2.45, 2.75) is 6.54 Å². The van der Waals surface area contributed by atoms with Gasteiger partial charge in [0, 0.05) is 30.7 Å². The van der Waals surface area contributed by atoms with Crippen LogP contribution in [0, 0.1) is 0 Å². The fraction of sp³-hybridized carbons (Fsp3) is 0.200. The molecule has 0 spiro atoms. The number of pyridine rings is 1. The topological polar surface area (TPSA) is 68.8 Å². The molecule has 0 radical (unpaired) electrons. The third-order valence-corrected chi connectivity index (χ3v) is 2.22. The zero-order valence-corrected chi connectivity index (χ0v) is 9.35. The Bertz CT molecular complexity index is 434. The molecule has 2 aromatic rings. The number of rotatable bonds is 4. The lowest BCUT2D eigenvalue weighted by molar-refractivity contribution is 0.637. The van der Waals surface area contributed by atoms with Crippen LogP contribution in [-0.2, 0) is 6.54 Å². The van der Waals surface area contributed by atoms with E-state index in [0.717, 1.165) is 6.54 Å². The first-order valence-corrected chi connectivity index (χ1v) is 5.26. The lowest BCUT2D eigenvalue weighted by Crippen LogP contribution is -2.11. The Morgan fingerprint density at radius 3 is 3.00 bits per heavy atom. The summed E-state index contributed by atoms with van der Waals surface area (Å²) in [5, 5.41) is 7.61. The molecule has 2 heterocycles. The normalized spacial score (nSPS) is 10.3. The largest absolute Gasteiger partial charge is 0.399 e. The summed E-state index contributed by atoms with van der Waals surface area (Å²) in [7, 11) is 0. The molecule has 3 N–H and O–H groups in total. The predicted molar refractivity (Wildman–Crippen MR) is 64.4 cm³/mol. The van der Waals surface area contributed by atoms with E-state index < -0.39 is 0 Å². The van der Waals surface area contributed by atoms with Crippen molar-refractivity contribution in [2.75, 3.05) is 17.6 Å². The molecule has 0 bridgehead atoms. The molecule has 0 fully saturated rings. The van der Waals surface area contributed by atoms with Crippen LogP contribution in [0.3, 0.4) is 0 Å². The van der Waals surface area contributed by atoms with Gasteiger partial charge in [0.05, 0.1) is 6.54 Å². The number of anilines is 2. The smallest absolute Gasteiger partial charge is 0.133 e. The average Bonchev–Trinajstić information content (AvgIpc) is 2.69. The molecule has 16 heavy (non-hydrogen) atoms. The first-order chi connectivity index (χ1) is 7.74. The van der Waals surface area contributed by atoms with Crippen molar-refractivity contribution in [1.29, 1.82) is 0 Å². The summed E-state index contributed by atoms with van der Waals surface area (Å²) in [6.07, 6.45) is 3.65. The van der Waals surface area contributed by atoms with Gasteiger partial charge in [0.25, 0.3) is 0 Å². The molecule has 84 valence electrons. The molecule has 6 heteroatoms. The highest BCUT2D eigenvalue weighted by Crippen LogP contribution is 2.15. The minimum Gasteiger partial charge on any atom is -0.399 e. The lowest BCUT2D eigenvalue weighted by Gasteiger charge is -2.06. The summed E-state index contributed by atoms with van der Waals surface area (Å²) in [6.45, 7) is 1.48. The van der Waals surface area contributed by atoms with Gasteiger partial charge in [0.1, 0.15) is 11.0 Å². The molecule has 0 aliphatic rings. The summed E-state index contributed by atoms with van der Waals surface area (Å²) in [5.74, 6) is 0.678. The Morgan fingerprint density at radius 1 is 1.44 bits per heavy atom. The summed E-state index contributed by atoms with van der Waals surface area (Å²) in [6, 6.07) is 5.24. The van der Waals surface area contributed by atoms with Crippen LogP contribution < -0.4 is 11.1 Å². The second-order valence-corrected chi connectivity index (χ2v) is 3.69. The molecule has 0 atom stereocenters. The van der Waals surface area contributed by atoms with Gasteiger partial charge < -0.3 is 11.1 Å². The van der Waals surface area contributed by atoms with E-state index in [1.165, 1.54) is 0 Å². The fourth-order valence-electron chi connectivity index (χ4n) is 1.34. The van der Waals surface area contributed by atoms with Crippen LogP contribution >= 0.6 is 11.6 Å². The van der Waals surface area contributed by atoms with Crippen LogP contribution in [0.25, 0.3) is 0 Å². The van der Waals surface area contributed by atoms with E-state index in [9.17, 15) is 0 Å². The monoisotopic (exact) mass is 237 g/mol. The van der Waals surface area contributed by atoms with Crippen molar-refractivity contribution in [3.8, 4) is 0 Å². The van der Waals surface area contributed by atoms with Crippen LogP contribution in [0.2, 0.25) is 5.15 Å². The van der Waals surface area contributed by atoms with Gasteiger partial charge in [0.2, 0.25) is 0 Å². The van der Waals surface area contributed by atoms with Crippen molar-refractivity contribution in [3.63, 3.8) is 0 Å². The Kier molecular flexibility index (Phi) is 3.26. The molecule has 0 amide bonds. The Balaban J connectivity index is 1.89. The van der Waals surface area contributed by atoms with Crippen LogP contribution in [0.15, 0.2) is 30.6 Å². The number of nitrogens with one attached hydrogen (secondary N) is 1. The molecular weight excluding hydrogens is 226 g/mol. The van der Waals surface area contributed by atoms with Crippen molar-refractivity contribution in [1.82, 2.24) is 14.8 Å². The maximum Gasteiger partial charge on any atom is 0.133 e. The first-order valence-electron chi connectivity index (χ1n) is 4.88. The molecule has 0 saturated carbocycles. The average molecular weight is 238 g/mol. The number of hydrogen-bond acceptors (Lipinski definition) is 4. The van der Waals surface area contributed by atoms with Crippen LogP contribution in [0.4, 0.5) is 11.5 Å². The van der Waals surface area contributed by atoms with E-state index in [2.05, 4.69) is 15.4 Å². The summed E-state index contributed by atoms with van der Waals surface area (Å²) in [4.78, 5) is 4.10. The molecule has 0 aromatic carbocycles. The molecule has 0 saturated heterocycles. The number of aromatic nitrogens is 3. The molecule has 2 aromatic heterocycles. The van der Waals surface area contributed by atoms with Gasteiger partial charge in [-0.15, -0.1) is 0 Å². The van der Waals surface area contributed by atoms with Crippen LogP contribution in [0.5, 0.6) is 0 Å². The maximum atomic E-state index is 5.78. The number of hydrogen-bond donors (Lipinski definition) is 2. The Labute approximate surface area is 98.2 Å². The first kappa shape index (κ1) is 10.8. The van der Waals surface area contributed by atoms with E-state index >= 15 is 0 Å². The summed E-state index contributed by atoms with van der Waals surface area (Å²) in [5.41, 5.74) is 6.24. The summed E-state index contributed by atoms with van der Waals surface area (Å²) < 4.78 is 1.83. The van der Waals surface area contributed by atoms with E-state index in [-0.39, 0.29) is 0 Å². The molecule has 5 nitrogen and oxygen atoms in total. The minimum atomic E-state index is 0.390. The third kappa shape index (κ3) is 2.87. The second kappa shape index (κ2) is 4.85. The Hall–Kier alpha value is -1.75. The SMILES string of the molecule is Nc1cc(Cl)nc(NCCn2cccn2)c1. The van der Waals surface area contributed by atoms with Gasteiger partial charge in [-0.3, -0.25) is 4.68 Å². The van der Waals surface area contributed by atoms with E-state index in [1.807, 2.05) is 16.9 Å². The van der Waals surface area contributed by atoms with Crippen molar-refractivity contribution >= 4 is 23.1 Å². The highest BCUT2D eigenvalue weighted by Gasteiger charge is 1.98. The Morgan fingerprint density at radius 2 is 2.31 bits per heavy atom. The highest BCUT2D eigenvalue weighted by atomic mass is 35.5. The van der Waals surface area contributed by atoms with Crippen molar-refractivity contribution in [2.24, 2.45) is 0 Å². The zero-order chi connectivity index (χ0) is 11.4. The van der Waals surface area contributed by atoms with E-state index in [0.29, 0.717) is 23.2 Å². The third-order valence-electron chi connectivity index (χ3n) is 2.02. The molecule has 2 rings (SSSR count). The number of nitrogens with two attached hydrogens (primary N) is 1. The zero-order valence-electron chi connectivity index (χ0n) is 8.60. The van der Waals surface area contributed by atoms with Gasteiger partial charge in [-0.2, -0.15) is 5.10 Å². The van der Waals surface area contributed by atoms with Crippen molar-refractivity contribution < 1.29 is 0 Å². The van der Waals surface area contributed by atoms with Gasteiger partial charge >= 0.3 is 0 Å². The second-order valence-electron chi connectivity index (χ2n) is 3.30. The van der Waals surface area contributed by atoms with Crippen molar-refractivity contribution in [3.05, 3.63) is 35.7 Å². The van der Waals surface area contributed by atoms with Gasteiger partial charge in [-0.1, -0.05) is 11.6 Å². The molecular formula is C10H12ClN5. The van der Waals surface area contributed by atoms with E-state index in [4.69, 9.17) is 17.3 Å². The van der Waals surface area contributed by atoms with Gasteiger partial charge in [-0.05, 0) is 12.1 Å². The number of nitrogen functional groups attached to an aromatic ring is 1. The van der Waals surface area contributed by atoms with Crippen LogP contribution in [0.1, 0.15) is 0 Å². The minimum absolute atomic E-state index is 0.390. The number of halogens is 1. The van der Waals surface area contributed by atoms with Crippen LogP contribution in [-0.4, -0.2) is 21.3 Å². The summed E-state index contributed by atoms with van der Waals surface area (Å²) >= 11 is 5.78. The van der Waals surface area contributed by atoms with Gasteiger partial charge in [0.15, 0.2) is 0 Å². The molecule has 0 aliphatic heterocycles. The highest BCUT2D eigenvalue weighted by molar-refractivity contribution is 6.29. The quantitative estimate of drug-likeness (QED) is 0.793. The van der Waals surface area contributed by atoms with Gasteiger partial charge in [-0.25, -0.2) is 4.98 Å². The molecule has 0 aliphatic carbocycles. The maximum absolute atomic E-state index is 5.78. The standard InChI is InChI=1S/C10H12ClN5/c11-9-6-8(12)7-10(15-9)13-3-5-16-4-1-2-14-16/h1-2,4,6-7H,3,5H2,(H3,12,13,15). The van der Waals surface area contributed by atoms with E-state index in [1.54, 1.807) is 18.3 Å². The number of nitrogens with zero attached hydrogens (tertiary/aromatic N) is 3.